The molecule has 2 aromatic rings. The van der Waals surface area contributed by atoms with Crippen LogP contribution in [0, 0.1) is 0 Å². The van der Waals surface area contributed by atoms with Crippen molar-refractivity contribution in [1.82, 2.24) is 20.3 Å². The topological polar surface area (TPSA) is 66.1 Å². The van der Waals surface area contributed by atoms with E-state index < -0.39 is 0 Å². The maximum atomic E-state index is 5.72. The number of aliphatic imine (C=N–C) groups is 1. The van der Waals surface area contributed by atoms with Gasteiger partial charge in [0, 0.05) is 52.4 Å². The van der Waals surface area contributed by atoms with E-state index >= 15 is 0 Å². The third-order valence-corrected chi connectivity index (χ3v) is 4.63. The predicted octanol–water partition coefficient (Wildman–Crippen LogP) is 2.84. The van der Waals surface area contributed by atoms with Crippen LogP contribution in [0.2, 0.25) is 0 Å². The number of hydrogen-bond acceptors (Lipinski definition) is 5. The summed E-state index contributed by atoms with van der Waals surface area (Å²) >= 11 is 0. The number of nitrogens with one attached hydrogen (secondary N) is 1. The van der Waals surface area contributed by atoms with Crippen LogP contribution in [-0.2, 0) is 6.54 Å². The Hall–Kier alpha value is -1.81. The highest BCUT2D eigenvalue weighted by atomic mass is 127. The molecule has 1 N–H and O–H groups in total. The molecule has 2 heterocycles. The maximum absolute atomic E-state index is 5.72. The van der Waals surface area contributed by atoms with Gasteiger partial charge in [0.2, 0.25) is 0 Å². The van der Waals surface area contributed by atoms with Crippen LogP contribution in [0.5, 0.6) is 5.75 Å². The number of benzene rings is 1. The zero-order valence-corrected chi connectivity index (χ0v) is 18.7. The SMILES string of the molecule is CN=C(NCCCCOc1ccccc1)N1CCN(Cc2ccon2)CC1.I. The highest BCUT2D eigenvalue weighted by Crippen LogP contribution is 2.09. The first-order chi connectivity index (χ1) is 13.3. The highest BCUT2D eigenvalue weighted by molar-refractivity contribution is 14.0. The number of aromatic nitrogens is 1. The molecule has 1 saturated heterocycles. The van der Waals surface area contributed by atoms with Crippen molar-refractivity contribution in [1.29, 1.82) is 0 Å². The van der Waals surface area contributed by atoms with Gasteiger partial charge in [-0.1, -0.05) is 23.4 Å². The molecule has 0 atom stereocenters. The molecule has 1 aliphatic heterocycles. The van der Waals surface area contributed by atoms with Gasteiger partial charge in [-0.15, -0.1) is 24.0 Å². The third kappa shape index (κ3) is 7.31. The molecule has 0 saturated carbocycles. The first-order valence-electron chi connectivity index (χ1n) is 9.60. The molecule has 8 heteroatoms. The fourth-order valence-corrected chi connectivity index (χ4v) is 3.13. The van der Waals surface area contributed by atoms with E-state index in [1.54, 1.807) is 6.26 Å². The molecule has 3 rings (SSSR count). The van der Waals surface area contributed by atoms with Crippen LogP contribution in [0.3, 0.4) is 0 Å². The molecule has 1 aromatic carbocycles. The molecule has 1 fully saturated rings. The third-order valence-electron chi connectivity index (χ3n) is 4.63. The second kappa shape index (κ2) is 12.6. The minimum absolute atomic E-state index is 0. The Morgan fingerprint density at radius 3 is 2.61 bits per heavy atom. The van der Waals surface area contributed by atoms with Gasteiger partial charge in [-0.2, -0.15) is 0 Å². The molecule has 1 aromatic heterocycles. The average Bonchev–Trinajstić information content (AvgIpc) is 3.22. The van der Waals surface area contributed by atoms with Crippen LogP contribution < -0.4 is 10.1 Å². The Morgan fingerprint density at radius 2 is 1.93 bits per heavy atom. The zero-order valence-electron chi connectivity index (χ0n) is 16.4. The number of guanidine groups is 1. The Balaban J connectivity index is 0.00000280. The lowest BCUT2D eigenvalue weighted by Crippen LogP contribution is -2.52. The molecule has 28 heavy (non-hydrogen) atoms. The lowest BCUT2D eigenvalue weighted by Gasteiger charge is -2.36. The van der Waals surface area contributed by atoms with Gasteiger partial charge in [-0.3, -0.25) is 9.89 Å². The van der Waals surface area contributed by atoms with E-state index in [-0.39, 0.29) is 24.0 Å². The van der Waals surface area contributed by atoms with Gasteiger partial charge in [0.15, 0.2) is 5.96 Å². The van der Waals surface area contributed by atoms with Crippen molar-refractivity contribution in [3.05, 3.63) is 48.4 Å². The lowest BCUT2D eigenvalue weighted by atomic mass is 10.3. The molecule has 0 bridgehead atoms. The summed E-state index contributed by atoms with van der Waals surface area (Å²) in [6.07, 6.45) is 3.70. The minimum Gasteiger partial charge on any atom is -0.494 e. The van der Waals surface area contributed by atoms with Crippen molar-refractivity contribution in [2.45, 2.75) is 19.4 Å². The van der Waals surface area contributed by atoms with Gasteiger partial charge in [0.1, 0.15) is 12.0 Å². The van der Waals surface area contributed by atoms with E-state index in [9.17, 15) is 0 Å². The number of unbranched alkanes of at least 4 members (excludes halogenated alkanes) is 1. The van der Waals surface area contributed by atoms with E-state index in [4.69, 9.17) is 9.26 Å². The Kier molecular flexibility index (Phi) is 10.1. The molecule has 0 aliphatic carbocycles. The van der Waals surface area contributed by atoms with Crippen molar-refractivity contribution in [2.24, 2.45) is 4.99 Å². The van der Waals surface area contributed by atoms with Crippen LogP contribution in [0.4, 0.5) is 0 Å². The number of ether oxygens (including phenoxy) is 1. The van der Waals surface area contributed by atoms with Crippen LogP contribution in [0.25, 0.3) is 0 Å². The Morgan fingerprint density at radius 1 is 1.14 bits per heavy atom. The summed E-state index contributed by atoms with van der Waals surface area (Å²) < 4.78 is 10.6. The number of halogens is 1. The summed E-state index contributed by atoms with van der Waals surface area (Å²) in [5.41, 5.74) is 0.990. The van der Waals surface area contributed by atoms with E-state index in [1.807, 2.05) is 43.4 Å². The second-order valence-electron chi connectivity index (χ2n) is 6.60. The van der Waals surface area contributed by atoms with Crippen LogP contribution in [0.15, 0.2) is 52.2 Å². The van der Waals surface area contributed by atoms with Gasteiger partial charge >= 0.3 is 0 Å². The normalized spacial score (nSPS) is 15.2. The number of para-hydroxylation sites is 1. The Bertz CT molecular complexity index is 673. The highest BCUT2D eigenvalue weighted by Gasteiger charge is 2.20. The van der Waals surface area contributed by atoms with E-state index in [0.29, 0.717) is 0 Å². The molecule has 1 aliphatic rings. The van der Waals surface area contributed by atoms with Gasteiger partial charge in [-0.25, -0.2) is 0 Å². The van der Waals surface area contributed by atoms with E-state index in [2.05, 4.69) is 25.3 Å². The number of hydrogen-bond donors (Lipinski definition) is 1. The summed E-state index contributed by atoms with van der Waals surface area (Å²) in [4.78, 5) is 9.14. The lowest BCUT2D eigenvalue weighted by molar-refractivity contribution is 0.169. The molecule has 0 spiro atoms. The summed E-state index contributed by atoms with van der Waals surface area (Å²) in [5.74, 6) is 1.92. The summed E-state index contributed by atoms with van der Waals surface area (Å²) in [7, 11) is 1.85. The summed E-state index contributed by atoms with van der Waals surface area (Å²) in [6, 6.07) is 11.9. The fraction of sp³-hybridized carbons (Fsp3) is 0.500. The molecule has 154 valence electrons. The minimum atomic E-state index is 0. The van der Waals surface area contributed by atoms with Crippen molar-refractivity contribution in [2.75, 3.05) is 46.4 Å². The number of rotatable bonds is 8. The molecule has 0 amide bonds. The van der Waals surface area contributed by atoms with Gasteiger partial charge < -0.3 is 19.5 Å². The van der Waals surface area contributed by atoms with Gasteiger partial charge in [0.25, 0.3) is 0 Å². The maximum Gasteiger partial charge on any atom is 0.193 e. The predicted molar refractivity (Wildman–Crippen MR) is 121 cm³/mol. The van der Waals surface area contributed by atoms with Crippen molar-refractivity contribution in [3.63, 3.8) is 0 Å². The monoisotopic (exact) mass is 499 g/mol. The summed E-state index contributed by atoms with van der Waals surface area (Å²) in [6.45, 7) is 6.42. The van der Waals surface area contributed by atoms with Crippen LogP contribution in [-0.4, -0.2) is 67.3 Å². The molecule has 0 radical (unpaired) electrons. The first kappa shape index (κ1) is 22.5. The smallest absolute Gasteiger partial charge is 0.193 e. The van der Waals surface area contributed by atoms with Crippen LogP contribution in [0.1, 0.15) is 18.5 Å². The molecule has 7 nitrogen and oxygen atoms in total. The van der Waals surface area contributed by atoms with Crippen LogP contribution >= 0.6 is 24.0 Å². The van der Waals surface area contributed by atoms with E-state index in [1.165, 1.54) is 0 Å². The Labute approximate surface area is 184 Å². The van der Waals surface area contributed by atoms with Gasteiger partial charge in [-0.05, 0) is 25.0 Å². The molecular formula is C20H30IN5O2. The summed E-state index contributed by atoms with van der Waals surface area (Å²) in [5, 5.41) is 7.46. The molecular weight excluding hydrogens is 469 g/mol. The largest absolute Gasteiger partial charge is 0.494 e. The van der Waals surface area contributed by atoms with Crippen molar-refractivity contribution in [3.8, 4) is 5.75 Å². The quantitative estimate of drug-likeness (QED) is 0.261. The number of nitrogens with zero attached hydrogens (tertiary/aromatic N) is 4. The average molecular weight is 499 g/mol. The molecule has 0 unspecified atom stereocenters. The second-order valence-corrected chi connectivity index (χ2v) is 6.60. The van der Waals surface area contributed by atoms with Crippen molar-refractivity contribution >= 4 is 29.9 Å². The zero-order chi connectivity index (χ0) is 18.7. The van der Waals surface area contributed by atoms with Gasteiger partial charge in [0.05, 0.1) is 12.3 Å². The van der Waals surface area contributed by atoms with Crippen molar-refractivity contribution < 1.29 is 9.26 Å². The fourth-order valence-electron chi connectivity index (χ4n) is 3.13. The first-order valence-corrected chi connectivity index (χ1v) is 9.60. The standard InChI is InChI=1S/C20H29N5O2.HI/c1-21-20(22-10-5-6-15-26-19-7-3-2-4-8-19)25-13-11-24(12-14-25)17-18-9-16-27-23-18;/h2-4,7-9,16H,5-6,10-15,17H2,1H3,(H,21,22);1H. The number of piperazine rings is 1. The van der Waals surface area contributed by atoms with E-state index in [0.717, 1.165) is 76.1 Å².